The zero-order valence-corrected chi connectivity index (χ0v) is 14.5. The van der Waals surface area contributed by atoms with Crippen molar-refractivity contribution in [1.29, 1.82) is 0 Å². The number of aryl methyl sites for hydroxylation is 1. The number of nitrogen functional groups attached to an aromatic ring is 1. The van der Waals surface area contributed by atoms with E-state index in [1.54, 1.807) is 36.1 Å². The molecule has 0 aliphatic carbocycles. The van der Waals surface area contributed by atoms with Crippen molar-refractivity contribution < 1.29 is 9.18 Å². The Bertz CT molecular complexity index is 975. The van der Waals surface area contributed by atoms with Crippen LogP contribution in [-0.2, 0) is 7.05 Å². The summed E-state index contributed by atoms with van der Waals surface area (Å²) in [6.07, 6.45) is 3.35. The Hall–Kier alpha value is -2.96. The summed E-state index contributed by atoms with van der Waals surface area (Å²) in [6, 6.07) is 8.04. The van der Waals surface area contributed by atoms with Gasteiger partial charge in [0.15, 0.2) is 0 Å². The lowest BCUT2D eigenvalue weighted by molar-refractivity contribution is 0.0705. The molecule has 1 fully saturated rings. The van der Waals surface area contributed by atoms with Gasteiger partial charge in [0.05, 0.1) is 16.9 Å². The molecule has 1 amide bonds. The number of halogens is 1. The van der Waals surface area contributed by atoms with Crippen LogP contribution in [0.3, 0.4) is 0 Å². The molecule has 0 atom stereocenters. The van der Waals surface area contributed by atoms with Crippen molar-refractivity contribution in [2.24, 2.45) is 7.05 Å². The first-order chi connectivity index (χ1) is 12.5. The maximum absolute atomic E-state index is 13.4. The van der Waals surface area contributed by atoms with E-state index in [1.807, 2.05) is 4.90 Å². The monoisotopic (exact) mass is 353 g/mol. The van der Waals surface area contributed by atoms with Crippen molar-refractivity contribution >= 4 is 22.5 Å². The molecule has 2 aromatic heterocycles. The van der Waals surface area contributed by atoms with E-state index in [2.05, 4.69) is 10.1 Å². The molecular formula is C19H20FN5O. The number of rotatable bonds is 2. The number of benzene rings is 1. The number of fused-ring (bicyclic) bond motifs is 1. The third-order valence-corrected chi connectivity index (χ3v) is 4.94. The van der Waals surface area contributed by atoms with E-state index in [0.717, 1.165) is 24.1 Å². The molecule has 0 spiro atoms. The molecule has 2 N–H and O–H groups in total. The second-order valence-corrected chi connectivity index (χ2v) is 6.74. The summed E-state index contributed by atoms with van der Waals surface area (Å²) in [7, 11) is 1.79. The van der Waals surface area contributed by atoms with E-state index in [4.69, 9.17) is 5.73 Å². The highest BCUT2D eigenvalue weighted by atomic mass is 19.1. The van der Waals surface area contributed by atoms with E-state index in [-0.39, 0.29) is 17.6 Å². The Morgan fingerprint density at radius 2 is 2.00 bits per heavy atom. The summed E-state index contributed by atoms with van der Waals surface area (Å²) < 4.78 is 15.0. The van der Waals surface area contributed by atoms with Crippen LogP contribution in [0, 0.1) is 5.82 Å². The molecular weight excluding hydrogens is 333 g/mol. The van der Waals surface area contributed by atoms with Crippen molar-refractivity contribution in [2.45, 2.75) is 18.8 Å². The lowest BCUT2D eigenvalue weighted by atomic mass is 9.91. The van der Waals surface area contributed by atoms with Gasteiger partial charge < -0.3 is 10.6 Å². The maximum Gasteiger partial charge on any atom is 0.274 e. The van der Waals surface area contributed by atoms with Crippen LogP contribution in [-0.4, -0.2) is 38.7 Å². The number of amides is 1. The van der Waals surface area contributed by atoms with Gasteiger partial charge in [0, 0.05) is 37.6 Å². The predicted molar refractivity (Wildman–Crippen MR) is 97.2 cm³/mol. The fourth-order valence-corrected chi connectivity index (χ4v) is 3.55. The van der Waals surface area contributed by atoms with Gasteiger partial charge in [0.1, 0.15) is 11.5 Å². The fourth-order valence-electron chi connectivity index (χ4n) is 3.55. The number of piperidine rings is 1. The first-order valence-corrected chi connectivity index (χ1v) is 8.66. The molecule has 1 aliphatic rings. The molecule has 3 heterocycles. The number of carbonyl (C=O) groups excluding carboxylic acids is 1. The zero-order valence-electron chi connectivity index (χ0n) is 14.5. The van der Waals surface area contributed by atoms with Gasteiger partial charge in [0.2, 0.25) is 0 Å². The van der Waals surface area contributed by atoms with Gasteiger partial charge in [-0.2, -0.15) is 5.10 Å². The predicted octanol–water partition coefficient (Wildman–Crippen LogP) is 2.71. The molecule has 0 saturated carbocycles. The maximum atomic E-state index is 13.4. The number of hydrogen-bond donors (Lipinski definition) is 1. The minimum Gasteiger partial charge on any atom is -0.397 e. The minimum absolute atomic E-state index is 0.0426. The summed E-state index contributed by atoms with van der Waals surface area (Å²) in [5.41, 5.74) is 8.81. The van der Waals surface area contributed by atoms with Gasteiger partial charge in [0.25, 0.3) is 5.91 Å². The van der Waals surface area contributed by atoms with Crippen molar-refractivity contribution in [3.63, 3.8) is 0 Å². The third kappa shape index (κ3) is 3.00. The van der Waals surface area contributed by atoms with Crippen molar-refractivity contribution in [3.05, 3.63) is 53.7 Å². The molecule has 1 aromatic carbocycles. The Labute approximate surface area is 150 Å². The number of carbonyl (C=O) groups is 1. The van der Waals surface area contributed by atoms with Gasteiger partial charge in [-0.3, -0.25) is 14.5 Å². The molecule has 6 nitrogen and oxygen atoms in total. The zero-order chi connectivity index (χ0) is 18.3. The molecule has 7 heteroatoms. The molecule has 134 valence electrons. The van der Waals surface area contributed by atoms with Crippen LogP contribution < -0.4 is 5.73 Å². The molecule has 0 unspecified atom stereocenters. The van der Waals surface area contributed by atoms with Gasteiger partial charge >= 0.3 is 0 Å². The van der Waals surface area contributed by atoms with Gasteiger partial charge in [-0.05, 0) is 43.2 Å². The second kappa shape index (κ2) is 6.40. The number of nitrogens with zero attached hydrogens (tertiary/aromatic N) is 4. The van der Waals surface area contributed by atoms with Crippen LogP contribution in [0.15, 0.2) is 36.5 Å². The normalized spacial score (nSPS) is 15.5. The molecule has 0 radical (unpaired) electrons. The number of nitrogens with two attached hydrogens (primary N) is 1. The van der Waals surface area contributed by atoms with Gasteiger partial charge in [-0.15, -0.1) is 0 Å². The molecule has 26 heavy (non-hydrogen) atoms. The van der Waals surface area contributed by atoms with Gasteiger partial charge in [-0.1, -0.05) is 0 Å². The van der Waals surface area contributed by atoms with Crippen LogP contribution in [0.4, 0.5) is 10.1 Å². The minimum atomic E-state index is -0.298. The van der Waals surface area contributed by atoms with E-state index in [1.165, 1.54) is 12.1 Å². The van der Waals surface area contributed by atoms with Crippen molar-refractivity contribution in [3.8, 4) is 0 Å². The van der Waals surface area contributed by atoms with Crippen LogP contribution in [0.5, 0.6) is 0 Å². The lowest BCUT2D eigenvalue weighted by Gasteiger charge is -2.31. The smallest absolute Gasteiger partial charge is 0.274 e. The van der Waals surface area contributed by atoms with Crippen LogP contribution in [0.2, 0.25) is 0 Å². The lowest BCUT2D eigenvalue weighted by Crippen LogP contribution is -2.38. The SMILES string of the molecule is Cn1ccc(C(=O)N2CCC(c3nc4ccc(F)cc4cc3N)CC2)n1. The second-order valence-electron chi connectivity index (χ2n) is 6.74. The molecule has 3 aromatic rings. The summed E-state index contributed by atoms with van der Waals surface area (Å²) in [6.45, 7) is 1.28. The number of likely N-dealkylation sites (tertiary alicyclic amines) is 1. The highest BCUT2D eigenvalue weighted by Gasteiger charge is 2.27. The average molecular weight is 353 g/mol. The summed E-state index contributed by atoms with van der Waals surface area (Å²) in [5, 5.41) is 4.88. The van der Waals surface area contributed by atoms with Crippen LogP contribution >= 0.6 is 0 Å². The summed E-state index contributed by atoms with van der Waals surface area (Å²) in [4.78, 5) is 19.0. The first kappa shape index (κ1) is 16.5. The Kier molecular flexibility index (Phi) is 4.06. The number of pyridine rings is 1. The van der Waals surface area contributed by atoms with Crippen molar-refractivity contribution in [2.75, 3.05) is 18.8 Å². The van der Waals surface area contributed by atoms with E-state index in [9.17, 15) is 9.18 Å². The fraction of sp³-hybridized carbons (Fsp3) is 0.316. The quantitative estimate of drug-likeness (QED) is 0.768. The van der Waals surface area contributed by atoms with Gasteiger partial charge in [-0.25, -0.2) is 4.39 Å². The van der Waals surface area contributed by atoms with Crippen LogP contribution in [0.1, 0.15) is 34.9 Å². The summed E-state index contributed by atoms with van der Waals surface area (Å²) in [5.74, 6) is -0.149. The van der Waals surface area contributed by atoms with E-state index >= 15 is 0 Å². The number of anilines is 1. The highest BCUT2D eigenvalue weighted by molar-refractivity contribution is 5.92. The Morgan fingerprint density at radius 1 is 1.23 bits per heavy atom. The number of aromatic nitrogens is 3. The topological polar surface area (TPSA) is 77.0 Å². The van der Waals surface area contributed by atoms with Crippen LogP contribution in [0.25, 0.3) is 10.9 Å². The standard InChI is InChI=1S/C19H20FN5O/c1-24-7-6-17(23-24)19(26)25-8-4-12(5-9-25)18-15(21)11-13-10-14(20)2-3-16(13)22-18/h2-3,6-7,10-12H,4-5,8-9,21H2,1H3. The Morgan fingerprint density at radius 3 is 2.69 bits per heavy atom. The van der Waals surface area contributed by atoms with E-state index < -0.39 is 0 Å². The molecule has 1 aliphatic heterocycles. The number of hydrogen-bond acceptors (Lipinski definition) is 4. The highest BCUT2D eigenvalue weighted by Crippen LogP contribution is 2.32. The average Bonchev–Trinajstić information content (AvgIpc) is 3.07. The molecule has 1 saturated heterocycles. The van der Waals surface area contributed by atoms with Crippen molar-refractivity contribution in [1.82, 2.24) is 19.7 Å². The summed E-state index contributed by atoms with van der Waals surface area (Å²) >= 11 is 0. The third-order valence-electron chi connectivity index (χ3n) is 4.94. The molecule has 0 bridgehead atoms. The Balaban J connectivity index is 1.51. The van der Waals surface area contributed by atoms with E-state index in [0.29, 0.717) is 29.9 Å². The largest absolute Gasteiger partial charge is 0.397 e. The molecule has 4 rings (SSSR count). The first-order valence-electron chi connectivity index (χ1n) is 8.66.